The van der Waals surface area contributed by atoms with Gasteiger partial charge in [0.2, 0.25) is 5.95 Å². The number of benzene rings is 1. The first kappa shape index (κ1) is 25.3. The number of hydrogen-bond donors (Lipinski definition) is 2. The monoisotopic (exact) mass is 506 g/mol. The summed E-state index contributed by atoms with van der Waals surface area (Å²) in [7, 11) is 1.65. The SMILES string of the molecule is COc1cc2c(NCc3c(C)cc(C)[nH]c3=O)nc(N3CCCC3)nc2cc1OCCCN1CCCC1. The molecule has 2 aliphatic rings. The van der Waals surface area contributed by atoms with Gasteiger partial charge in [0.05, 0.1) is 19.2 Å². The number of methoxy groups -OCH3 is 1. The van der Waals surface area contributed by atoms with Crippen molar-refractivity contribution in [2.75, 3.05) is 56.7 Å². The number of nitrogens with one attached hydrogen (secondary N) is 2. The van der Waals surface area contributed by atoms with Gasteiger partial charge in [-0.15, -0.1) is 0 Å². The van der Waals surface area contributed by atoms with Crippen LogP contribution in [0.15, 0.2) is 23.0 Å². The van der Waals surface area contributed by atoms with E-state index in [0.717, 1.165) is 61.1 Å². The highest BCUT2D eigenvalue weighted by Crippen LogP contribution is 2.36. The Hall–Kier alpha value is -3.33. The van der Waals surface area contributed by atoms with Crippen molar-refractivity contribution in [2.24, 2.45) is 0 Å². The summed E-state index contributed by atoms with van der Waals surface area (Å²) in [5.41, 5.74) is 3.22. The van der Waals surface area contributed by atoms with Crippen LogP contribution in [0.5, 0.6) is 11.5 Å². The van der Waals surface area contributed by atoms with Crippen LogP contribution in [0, 0.1) is 13.8 Å². The quantitative estimate of drug-likeness (QED) is 0.398. The van der Waals surface area contributed by atoms with Gasteiger partial charge in [-0.3, -0.25) is 4.79 Å². The molecule has 0 atom stereocenters. The van der Waals surface area contributed by atoms with Crippen molar-refractivity contribution >= 4 is 22.7 Å². The molecule has 0 aliphatic carbocycles. The van der Waals surface area contributed by atoms with Crippen LogP contribution in [0.3, 0.4) is 0 Å². The van der Waals surface area contributed by atoms with Gasteiger partial charge < -0.3 is 29.6 Å². The number of pyridine rings is 1. The van der Waals surface area contributed by atoms with Gasteiger partial charge >= 0.3 is 0 Å². The van der Waals surface area contributed by atoms with E-state index in [2.05, 4.69) is 20.1 Å². The Labute approximate surface area is 218 Å². The molecule has 3 aromatic rings. The lowest BCUT2D eigenvalue weighted by Crippen LogP contribution is -2.22. The summed E-state index contributed by atoms with van der Waals surface area (Å²) in [4.78, 5) is 30.0. The number of H-pyrrole nitrogens is 1. The summed E-state index contributed by atoms with van der Waals surface area (Å²) in [6.07, 6.45) is 5.84. The van der Waals surface area contributed by atoms with E-state index >= 15 is 0 Å². The van der Waals surface area contributed by atoms with Crippen LogP contribution in [0.1, 0.15) is 48.9 Å². The van der Waals surface area contributed by atoms with Crippen LogP contribution >= 0.6 is 0 Å². The van der Waals surface area contributed by atoms with Gasteiger partial charge in [-0.1, -0.05) is 0 Å². The minimum absolute atomic E-state index is 0.0784. The zero-order chi connectivity index (χ0) is 25.8. The van der Waals surface area contributed by atoms with Gasteiger partial charge in [0.1, 0.15) is 5.82 Å². The highest BCUT2D eigenvalue weighted by molar-refractivity contribution is 5.92. The lowest BCUT2D eigenvalue weighted by Gasteiger charge is -2.19. The fraction of sp³-hybridized carbons (Fsp3) is 0.536. The molecule has 5 rings (SSSR count). The molecule has 2 N–H and O–H groups in total. The lowest BCUT2D eigenvalue weighted by molar-refractivity contribution is 0.254. The van der Waals surface area contributed by atoms with E-state index in [4.69, 9.17) is 19.4 Å². The summed E-state index contributed by atoms with van der Waals surface area (Å²) in [6.45, 7) is 10.2. The second kappa shape index (κ2) is 11.4. The van der Waals surface area contributed by atoms with Crippen LogP contribution in [0.25, 0.3) is 10.9 Å². The molecular formula is C28H38N6O3. The van der Waals surface area contributed by atoms with Gasteiger partial charge in [-0.25, -0.2) is 4.98 Å². The second-order valence-corrected chi connectivity index (χ2v) is 10.1. The molecule has 0 saturated carbocycles. The van der Waals surface area contributed by atoms with Crippen molar-refractivity contribution in [3.8, 4) is 11.5 Å². The number of rotatable bonds is 10. The number of aromatic nitrogens is 3. The van der Waals surface area contributed by atoms with Gasteiger partial charge in [0.25, 0.3) is 5.56 Å². The summed E-state index contributed by atoms with van der Waals surface area (Å²) < 4.78 is 11.9. The second-order valence-electron chi connectivity index (χ2n) is 10.1. The molecule has 198 valence electrons. The molecule has 2 saturated heterocycles. The molecule has 0 bridgehead atoms. The Morgan fingerprint density at radius 3 is 2.49 bits per heavy atom. The average molecular weight is 507 g/mol. The summed E-state index contributed by atoms with van der Waals surface area (Å²) in [6, 6.07) is 5.89. The maximum atomic E-state index is 12.6. The normalized spacial score (nSPS) is 16.0. The molecule has 0 unspecified atom stereocenters. The fourth-order valence-corrected chi connectivity index (χ4v) is 5.34. The van der Waals surface area contributed by atoms with E-state index in [1.54, 1.807) is 7.11 Å². The predicted molar refractivity (Wildman–Crippen MR) is 147 cm³/mol. The first-order valence-corrected chi connectivity index (χ1v) is 13.4. The number of anilines is 2. The largest absolute Gasteiger partial charge is 0.493 e. The molecule has 9 heteroatoms. The molecular weight excluding hydrogens is 468 g/mol. The molecule has 0 spiro atoms. The number of aryl methyl sites for hydroxylation is 2. The third-order valence-electron chi connectivity index (χ3n) is 7.36. The predicted octanol–water partition coefficient (Wildman–Crippen LogP) is 4.02. The van der Waals surface area contributed by atoms with Crippen LogP contribution in [-0.2, 0) is 6.54 Å². The van der Waals surface area contributed by atoms with Crippen LogP contribution in [0.2, 0.25) is 0 Å². The molecule has 1 aromatic carbocycles. The Kier molecular flexibility index (Phi) is 7.79. The minimum atomic E-state index is -0.0784. The van der Waals surface area contributed by atoms with Gasteiger partial charge in [0, 0.05) is 48.9 Å². The van der Waals surface area contributed by atoms with Crippen molar-refractivity contribution in [1.29, 1.82) is 0 Å². The van der Waals surface area contributed by atoms with Gasteiger partial charge in [-0.05, 0) is 76.7 Å². The maximum absolute atomic E-state index is 12.6. The first-order chi connectivity index (χ1) is 18.0. The number of ether oxygens (including phenoxy) is 2. The highest BCUT2D eigenvalue weighted by Gasteiger charge is 2.20. The van der Waals surface area contributed by atoms with Crippen molar-refractivity contribution < 1.29 is 9.47 Å². The Morgan fingerprint density at radius 2 is 1.76 bits per heavy atom. The Balaban J connectivity index is 1.43. The Bertz CT molecular complexity index is 1300. The third-order valence-corrected chi connectivity index (χ3v) is 7.36. The van der Waals surface area contributed by atoms with Crippen LogP contribution in [0.4, 0.5) is 11.8 Å². The molecule has 0 amide bonds. The molecule has 4 heterocycles. The number of likely N-dealkylation sites (tertiary alicyclic amines) is 1. The molecule has 2 aromatic heterocycles. The number of nitrogens with zero attached hydrogens (tertiary/aromatic N) is 4. The number of hydrogen-bond acceptors (Lipinski definition) is 8. The van der Waals surface area contributed by atoms with E-state index in [-0.39, 0.29) is 5.56 Å². The molecule has 2 fully saturated rings. The third kappa shape index (κ3) is 5.82. The van der Waals surface area contributed by atoms with Gasteiger partial charge in [-0.2, -0.15) is 4.98 Å². The topological polar surface area (TPSA) is 95.6 Å². The van der Waals surface area contributed by atoms with Crippen LogP contribution in [-0.4, -0.2) is 66.3 Å². The summed E-state index contributed by atoms with van der Waals surface area (Å²) in [5, 5.41) is 4.26. The summed E-state index contributed by atoms with van der Waals surface area (Å²) >= 11 is 0. The smallest absolute Gasteiger partial charge is 0.253 e. The lowest BCUT2D eigenvalue weighted by atomic mass is 10.1. The molecule has 0 radical (unpaired) electrons. The van der Waals surface area contributed by atoms with Crippen molar-refractivity contribution in [3.05, 3.63) is 45.4 Å². The van der Waals surface area contributed by atoms with Gasteiger partial charge in [0.15, 0.2) is 11.5 Å². The summed E-state index contributed by atoms with van der Waals surface area (Å²) in [5.74, 6) is 2.73. The standard InChI is InChI=1S/C28H38N6O3/c1-19-15-20(2)30-27(35)22(19)18-29-26-21-16-24(36-3)25(37-14-8-11-33-9-4-5-10-33)17-23(21)31-28(32-26)34-12-6-7-13-34/h15-17H,4-14,18H2,1-3H3,(H,30,35)(H,29,31,32). The fourth-order valence-electron chi connectivity index (χ4n) is 5.34. The minimum Gasteiger partial charge on any atom is -0.493 e. The van der Waals surface area contributed by atoms with Crippen molar-refractivity contribution in [1.82, 2.24) is 19.9 Å². The van der Waals surface area contributed by atoms with E-state index < -0.39 is 0 Å². The van der Waals surface area contributed by atoms with E-state index in [1.807, 2.05) is 32.0 Å². The zero-order valence-corrected chi connectivity index (χ0v) is 22.2. The van der Waals surface area contributed by atoms with E-state index in [9.17, 15) is 4.79 Å². The molecule has 2 aliphatic heterocycles. The highest BCUT2D eigenvalue weighted by atomic mass is 16.5. The first-order valence-electron chi connectivity index (χ1n) is 13.4. The maximum Gasteiger partial charge on any atom is 0.253 e. The van der Waals surface area contributed by atoms with Crippen molar-refractivity contribution in [3.63, 3.8) is 0 Å². The molecule has 37 heavy (non-hydrogen) atoms. The number of aromatic amines is 1. The average Bonchev–Trinajstić information content (AvgIpc) is 3.60. The molecule has 9 nitrogen and oxygen atoms in total. The Morgan fingerprint density at radius 1 is 1.00 bits per heavy atom. The van der Waals surface area contributed by atoms with E-state index in [1.165, 1.54) is 25.9 Å². The van der Waals surface area contributed by atoms with Crippen molar-refractivity contribution in [2.45, 2.75) is 52.5 Å². The van der Waals surface area contributed by atoms with E-state index in [0.29, 0.717) is 42.0 Å². The zero-order valence-electron chi connectivity index (χ0n) is 22.2. The van der Waals surface area contributed by atoms with Crippen LogP contribution < -0.4 is 25.2 Å². The number of fused-ring (bicyclic) bond motifs is 1.